The Kier molecular flexibility index (Phi) is 12.6. The van der Waals surface area contributed by atoms with Crippen LogP contribution in [0.3, 0.4) is 0 Å². The monoisotopic (exact) mass is 572 g/mol. The highest BCUT2D eigenvalue weighted by atomic mass is 16.5. The van der Waals surface area contributed by atoms with Gasteiger partial charge < -0.3 is 35.6 Å². The van der Waals surface area contributed by atoms with Crippen LogP contribution < -0.4 is 20.5 Å². The minimum atomic E-state index is -1.82. The normalized spacial score (nSPS) is 13.7. The van der Waals surface area contributed by atoms with Crippen LogP contribution in [0.1, 0.15) is 46.9 Å². The van der Waals surface area contributed by atoms with Gasteiger partial charge in [0.15, 0.2) is 11.5 Å². The van der Waals surface area contributed by atoms with Crippen molar-refractivity contribution in [3.8, 4) is 11.5 Å². The van der Waals surface area contributed by atoms with Gasteiger partial charge in [-0.2, -0.15) is 0 Å². The van der Waals surface area contributed by atoms with E-state index >= 15 is 0 Å². The van der Waals surface area contributed by atoms with E-state index in [9.17, 15) is 14.4 Å². The third-order valence-electron chi connectivity index (χ3n) is 6.44. The number of benzene rings is 2. The molecule has 3 rings (SSSR count). The Labute approximate surface area is 237 Å². The van der Waals surface area contributed by atoms with E-state index in [0.717, 1.165) is 12.8 Å². The van der Waals surface area contributed by atoms with Crippen LogP contribution in [0.25, 0.3) is 0 Å². The number of methoxy groups -OCH3 is 2. The zero-order chi connectivity index (χ0) is 30.5. The Balaban J connectivity index is 0.000000883. The highest BCUT2D eigenvalue weighted by Crippen LogP contribution is 2.28. The number of carboxylic acids is 2. The number of amides is 3. The number of primary amides is 1. The first-order valence-electron chi connectivity index (χ1n) is 12.9. The van der Waals surface area contributed by atoms with E-state index < -0.39 is 17.8 Å². The molecule has 2 aromatic carbocycles. The smallest absolute Gasteiger partial charge is 0.414 e. The number of hydrogen-bond acceptors (Lipinski definition) is 8. The molecule has 0 spiro atoms. The van der Waals surface area contributed by atoms with Gasteiger partial charge in [-0.25, -0.2) is 9.59 Å². The first kappa shape index (κ1) is 32.6. The molecule has 0 saturated carbocycles. The van der Waals surface area contributed by atoms with Gasteiger partial charge in [-0.3, -0.25) is 19.3 Å². The highest BCUT2D eigenvalue weighted by molar-refractivity contribution is 6.27. The Bertz CT molecular complexity index is 1230. The molecule has 0 radical (unpaired) electrons. The van der Waals surface area contributed by atoms with Gasteiger partial charge in [0.2, 0.25) is 5.91 Å². The molecule has 1 aliphatic heterocycles. The Morgan fingerprint density at radius 2 is 1.54 bits per heavy atom. The summed E-state index contributed by atoms with van der Waals surface area (Å²) in [5, 5.41) is 17.7. The van der Waals surface area contributed by atoms with Gasteiger partial charge in [0.25, 0.3) is 11.8 Å². The van der Waals surface area contributed by atoms with E-state index in [2.05, 4.69) is 17.1 Å². The predicted molar refractivity (Wildman–Crippen MR) is 149 cm³/mol. The van der Waals surface area contributed by atoms with Gasteiger partial charge in [0.05, 0.1) is 31.5 Å². The standard InChI is InChI=1S/C26H34N4O5.C2H2O4/c1-4-5-10-21(25(32)28-20-9-7-6-8-19(20)24(27)31)29-13-15-30(16-14-29)26(33)18-11-12-22(34-2)23(17-18)35-3;3-1(4)2(5)6/h6-9,11-12,17,21H,4-5,10,13-16H2,1-3H3,(H2,27,31)(H,28,32);(H,3,4)(H,5,6). The van der Waals surface area contributed by atoms with Gasteiger partial charge in [-0.05, 0) is 36.8 Å². The SMILES string of the molecule is CCCCC(C(=O)Nc1ccccc1C(N)=O)N1CCN(C(=O)c2ccc(OC)c(OC)c2)CC1.O=C(O)C(=O)O. The van der Waals surface area contributed by atoms with E-state index in [1.165, 1.54) is 7.11 Å². The Morgan fingerprint density at radius 1 is 0.927 bits per heavy atom. The largest absolute Gasteiger partial charge is 0.493 e. The van der Waals surface area contributed by atoms with E-state index in [1.54, 1.807) is 54.5 Å². The first-order chi connectivity index (χ1) is 19.5. The number of ether oxygens (including phenoxy) is 2. The summed E-state index contributed by atoms with van der Waals surface area (Å²) in [6.45, 7) is 4.22. The fraction of sp³-hybridized carbons (Fsp3) is 0.393. The molecule has 0 aliphatic carbocycles. The van der Waals surface area contributed by atoms with Crippen molar-refractivity contribution in [2.24, 2.45) is 5.73 Å². The number of carbonyl (C=O) groups excluding carboxylic acids is 3. The molecule has 1 saturated heterocycles. The molecule has 1 heterocycles. The minimum absolute atomic E-state index is 0.0875. The molecule has 0 bridgehead atoms. The second kappa shape index (κ2) is 15.8. The fourth-order valence-electron chi connectivity index (χ4n) is 4.29. The van der Waals surface area contributed by atoms with Crippen LogP contribution in [-0.2, 0) is 14.4 Å². The van der Waals surface area contributed by atoms with Gasteiger partial charge in [0.1, 0.15) is 0 Å². The zero-order valence-corrected chi connectivity index (χ0v) is 23.3. The third kappa shape index (κ3) is 9.21. The van der Waals surface area contributed by atoms with E-state index in [1.807, 2.05) is 0 Å². The molecule has 0 aromatic heterocycles. The molecule has 1 fully saturated rings. The number of para-hydroxylation sites is 1. The van der Waals surface area contributed by atoms with Crippen molar-refractivity contribution in [1.82, 2.24) is 9.80 Å². The number of piperazine rings is 1. The van der Waals surface area contributed by atoms with Crippen molar-refractivity contribution in [2.75, 3.05) is 45.7 Å². The van der Waals surface area contributed by atoms with Gasteiger partial charge in [-0.15, -0.1) is 0 Å². The van der Waals surface area contributed by atoms with Crippen molar-refractivity contribution in [3.05, 3.63) is 53.6 Å². The van der Waals surface area contributed by atoms with Crippen LogP contribution in [0.5, 0.6) is 11.5 Å². The summed E-state index contributed by atoms with van der Waals surface area (Å²) in [6, 6.07) is 11.5. The number of nitrogens with zero attached hydrogens (tertiary/aromatic N) is 2. The molecule has 1 unspecified atom stereocenters. The third-order valence-corrected chi connectivity index (χ3v) is 6.44. The van der Waals surface area contributed by atoms with Gasteiger partial charge >= 0.3 is 11.9 Å². The summed E-state index contributed by atoms with van der Waals surface area (Å²) in [5.74, 6) is -3.43. The molecule has 3 amide bonds. The van der Waals surface area contributed by atoms with Crippen LogP contribution in [0.2, 0.25) is 0 Å². The van der Waals surface area contributed by atoms with Crippen molar-refractivity contribution in [1.29, 1.82) is 0 Å². The summed E-state index contributed by atoms with van der Waals surface area (Å²) < 4.78 is 10.6. The zero-order valence-electron chi connectivity index (χ0n) is 23.3. The summed E-state index contributed by atoms with van der Waals surface area (Å²) in [6.07, 6.45) is 2.53. The molecule has 41 heavy (non-hydrogen) atoms. The van der Waals surface area contributed by atoms with Crippen LogP contribution in [0.15, 0.2) is 42.5 Å². The topological polar surface area (TPSA) is 189 Å². The number of nitrogens with two attached hydrogens (primary N) is 1. The second-order valence-corrected chi connectivity index (χ2v) is 9.07. The lowest BCUT2D eigenvalue weighted by atomic mass is 10.0. The van der Waals surface area contributed by atoms with Crippen molar-refractivity contribution >= 4 is 35.3 Å². The minimum Gasteiger partial charge on any atom is -0.493 e. The van der Waals surface area contributed by atoms with E-state index in [0.29, 0.717) is 55.3 Å². The number of unbranched alkanes of at least 4 members (excludes halogenated alkanes) is 1. The second-order valence-electron chi connectivity index (χ2n) is 9.07. The van der Waals surface area contributed by atoms with Crippen LogP contribution >= 0.6 is 0 Å². The van der Waals surface area contributed by atoms with E-state index in [-0.39, 0.29) is 23.4 Å². The maximum atomic E-state index is 13.2. The quantitative estimate of drug-likeness (QED) is 0.306. The molecule has 2 aromatic rings. The number of hydrogen-bond donors (Lipinski definition) is 4. The Hall–Kier alpha value is -4.65. The van der Waals surface area contributed by atoms with Crippen molar-refractivity contribution < 1.29 is 43.7 Å². The molecule has 1 atom stereocenters. The lowest BCUT2D eigenvalue weighted by Crippen LogP contribution is -2.55. The number of aliphatic carboxylic acids is 2. The number of carboxylic acid groups (broad SMARTS) is 2. The van der Waals surface area contributed by atoms with Gasteiger partial charge in [-0.1, -0.05) is 31.9 Å². The molecular weight excluding hydrogens is 536 g/mol. The van der Waals surface area contributed by atoms with Crippen molar-refractivity contribution in [2.45, 2.75) is 32.2 Å². The molecule has 222 valence electrons. The van der Waals surface area contributed by atoms with Crippen LogP contribution in [-0.4, -0.2) is 96.1 Å². The van der Waals surface area contributed by atoms with Gasteiger partial charge in [0, 0.05) is 31.7 Å². The Morgan fingerprint density at radius 3 is 2.07 bits per heavy atom. The van der Waals surface area contributed by atoms with Crippen LogP contribution in [0.4, 0.5) is 5.69 Å². The maximum absolute atomic E-state index is 13.2. The molecule has 13 nitrogen and oxygen atoms in total. The number of carbonyl (C=O) groups is 5. The first-order valence-corrected chi connectivity index (χ1v) is 12.9. The fourth-order valence-corrected chi connectivity index (χ4v) is 4.29. The summed E-state index contributed by atoms with van der Waals surface area (Å²) >= 11 is 0. The number of anilines is 1. The average molecular weight is 573 g/mol. The summed E-state index contributed by atoms with van der Waals surface area (Å²) in [5.41, 5.74) is 6.68. The predicted octanol–water partition coefficient (Wildman–Crippen LogP) is 1.91. The molecular formula is C28H36N4O9. The summed E-state index contributed by atoms with van der Waals surface area (Å²) in [4.78, 5) is 60.2. The number of rotatable bonds is 10. The highest BCUT2D eigenvalue weighted by Gasteiger charge is 2.31. The maximum Gasteiger partial charge on any atom is 0.414 e. The van der Waals surface area contributed by atoms with Crippen molar-refractivity contribution in [3.63, 3.8) is 0 Å². The molecule has 5 N–H and O–H groups in total. The summed E-state index contributed by atoms with van der Waals surface area (Å²) in [7, 11) is 3.09. The average Bonchev–Trinajstić information content (AvgIpc) is 2.97. The molecule has 13 heteroatoms. The molecule has 1 aliphatic rings. The number of nitrogens with one attached hydrogen (secondary N) is 1. The van der Waals surface area contributed by atoms with E-state index in [4.69, 9.17) is 35.0 Å². The lowest BCUT2D eigenvalue weighted by molar-refractivity contribution is -0.159. The lowest BCUT2D eigenvalue weighted by Gasteiger charge is -2.38. The van der Waals surface area contributed by atoms with Crippen LogP contribution in [0, 0.1) is 0 Å².